The Morgan fingerprint density at radius 2 is 1.81 bits per heavy atom. The van der Waals surface area contributed by atoms with E-state index in [-0.39, 0.29) is 5.91 Å². The summed E-state index contributed by atoms with van der Waals surface area (Å²) in [6.07, 6.45) is 2.85. The van der Waals surface area contributed by atoms with Crippen molar-refractivity contribution in [3.05, 3.63) is 89.7 Å². The number of pyridine rings is 1. The number of aromatic nitrogens is 1. The lowest BCUT2D eigenvalue weighted by molar-refractivity contribution is 0.0746. The van der Waals surface area contributed by atoms with E-state index >= 15 is 0 Å². The summed E-state index contributed by atoms with van der Waals surface area (Å²) in [5, 5.41) is 0. The maximum atomic E-state index is 12.9. The normalized spacial score (nSPS) is 12.7. The molecule has 0 bridgehead atoms. The Hall–Kier alpha value is -3.14. The molecular weight excluding hydrogens is 334 g/mol. The van der Waals surface area contributed by atoms with E-state index in [9.17, 15) is 4.79 Å². The number of rotatable bonds is 5. The SMILES string of the molecule is CCN(Cc1ccccc1)C(=O)c1ccc(N2CCc3ccccc32)cn1. The Morgan fingerprint density at radius 1 is 1.04 bits per heavy atom. The van der Waals surface area contributed by atoms with Gasteiger partial charge in [-0.05, 0) is 42.7 Å². The van der Waals surface area contributed by atoms with E-state index in [1.807, 2.05) is 60.5 Å². The first kappa shape index (κ1) is 17.3. The molecule has 4 rings (SSSR count). The summed E-state index contributed by atoms with van der Waals surface area (Å²) in [4.78, 5) is 21.4. The van der Waals surface area contributed by atoms with Gasteiger partial charge in [-0.15, -0.1) is 0 Å². The summed E-state index contributed by atoms with van der Waals surface area (Å²) in [5.74, 6) is -0.0327. The number of carbonyl (C=O) groups excluding carboxylic acids is 1. The molecule has 0 fully saturated rings. The van der Waals surface area contributed by atoms with Crippen LogP contribution in [0.25, 0.3) is 0 Å². The summed E-state index contributed by atoms with van der Waals surface area (Å²) in [5.41, 5.74) is 5.24. The molecule has 136 valence electrons. The zero-order chi connectivity index (χ0) is 18.6. The molecule has 4 nitrogen and oxygen atoms in total. The van der Waals surface area contributed by atoms with E-state index in [1.165, 1.54) is 11.3 Å². The molecule has 0 spiro atoms. The Balaban J connectivity index is 1.51. The Morgan fingerprint density at radius 3 is 2.56 bits per heavy atom. The first-order valence-electron chi connectivity index (χ1n) is 9.41. The highest BCUT2D eigenvalue weighted by Crippen LogP contribution is 2.33. The van der Waals surface area contributed by atoms with Gasteiger partial charge in [-0.2, -0.15) is 0 Å². The average molecular weight is 357 g/mol. The molecular formula is C23H23N3O. The number of carbonyl (C=O) groups is 1. The second-order valence-electron chi connectivity index (χ2n) is 6.74. The third-order valence-electron chi connectivity index (χ3n) is 5.05. The molecule has 0 saturated carbocycles. The number of para-hydroxylation sites is 1. The van der Waals surface area contributed by atoms with Gasteiger partial charge in [-0.25, -0.2) is 4.98 Å². The molecule has 3 aromatic rings. The minimum Gasteiger partial charge on any atom is -0.340 e. The first-order chi connectivity index (χ1) is 13.3. The van der Waals surface area contributed by atoms with Gasteiger partial charge in [0, 0.05) is 25.3 Å². The van der Waals surface area contributed by atoms with Crippen molar-refractivity contribution in [1.82, 2.24) is 9.88 Å². The van der Waals surface area contributed by atoms with Crippen molar-refractivity contribution in [2.24, 2.45) is 0 Å². The van der Waals surface area contributed by atoms with Gasteiger partial charge < -0.3 is 9.80 Å². The predicted octanol–water partition coefficient (Wildman–Crippen LogP) is 4.44. The van der Waals surface area contributed by atoms with Crippen molar-refractivity contribution >= 4 is 17.3 Å². The molecule has 0 unspecified atom stereocenters. The van der Waals surface area contributed by atoms with Crippen molar-refractivity contribution in [2.45, 2.75) is 19.9 Å². The molecule has 2 heterocycles. The molecule has 1 amide bonds. The molecule has 0 radical (unpaired) electrons. The van der Waals surface area contributed by atoms with Crippen LogP contribution in [0.3, 0.4) is 0 Å². The third-order valence-corrected chi connectivity index (χ3v) is 5.05. The molecule has 0 saturated heterocycles. The van der Waals surface area contributed by atoms with Crippen molar-refractivity contribution in [3.8, 4) is 0 Å². The summed E-state index contributed by atoms with van der Waals surface area (Å²) in [6, 6.07) is 22.3. The Labute approximate surface area is 160 Å². The summed E-state index contributed by atoms with van der Waals surface area (Å²) < 4.78 is 0. The van der Waals surface area contributed by atoms with Gasteiger partial charge in [-0.1, -0.05) is 48.5 Å². The van der Waals surface area contributed by atoms with Crippen molar-refractivity contribution in [1.29, 1.82) is 0 Å². The molecule has 4 heteroatoms. The van der Waals surface area contributed by atoms with Gasteiger partial charge in [0.25, 0.3) is 5.91 Å². The zero-order valence-corrected chi connectivity index (χ0v) is 15.5. The Bertz CT molecular complexity index is 922. The molecule has 1 aromatic heterocycles. The van der Waals surface area contributed by atoms with Gasteiger partial charge >= 0.3 is 0 Å². The van der Waals surface area contributed by atoms with Crippen molar-refractivity contribution in [2.75, 3.05) is 18.0 Å². The highest BCUT2D eigenvalue weighted by molar-refractivity contribution is 5.92. The monoisotopic (exact) mass is 357 g/mol. The van der Waals surface area contributed by atoms with Gasteiger partial charge in [0.2, 0.25) is 0 Å². The lowest BCUT2D eigenvalue weighted by Crippen LogP contribution is -2.31. The molecule has 2 aromatic carbocycles. The van der Waals surface area contributed by atoms with Crippen LogP contribution in [0.2, 0.25) is 0 Å². The van der Waals surface area contributed by atoms with E-state index in [0.29, 0.717) is 18.8 Å². The zero-order valence-electron chi connectivity index (χ0n) is 15.5. The number of benzene rings is 2. The van der Waals surface area contributed by atoms with E-state index in [2.05, 4.69) is 34.1 Å². The van der Waals surface area contributed by atoms with Crippen molar-refractivity contribution < 1.29 is 4.79 Å². The molecule has 0 N–H and O–H groups in total. The number of anilines is 2. The molecule has 1 aliphatic rings. The first-order valence-corrected chi connectivity index (χ1v) is 9.41. The fourth-order valence-electron chi connectivity index (χ4n) is 3.57. The second-order valence-corrected chi connectivity index (χ2v) is 6.74. The number of amides is 1. The van der Waals surface area contributed by atoms with E-state index < -0.39 is 0 Å². The molecule has 0 atom stereocenters. The van der Waals surface area contributed by atoms with Gasteiger partial charge in [0.15, 0.2) is 0 Å². The van der Waals surface area contributed by atoms with Crippen LogP contribution >= 0.6 is 0 Å². The highest BCUT2D eigenvalue weighted by atomic mass is 16.2. The third kappa shape index (κ3) is 3.56. The van der Waals surface area contributed by atoms with E-state index in [0.717, 1.165) is 24.2 Å². The fourth-order valence-corrected chi connectivity index (χ4v) is 3.57. The fraction of sp³-hybridized carbons (Fsp3) is 0.217. The van der Waals surface area contributed by atoms with Crippen LogP contribution in [0.1, 0.15) is 28.5 Å². The predicted molar refractivity (Wildman–Crippen MR) is 108 cm³/mol. The van der Waals surface area contributed by atoms with Crippen LogP contribution in [0.4, 0.5) is 11.4 Å². The van der Waals surface area contributed by atoms with Gasteiger partial charge in [0.05, 0.1) is 11.9 Å². The quantitative estimate of drug-likeness (QED) is 0.677. The maximum absolute atomic E-state index is 12.9. The minimum absolute atomic E-state index is 0.0327. The summed E-state index contributed by atoms with van der Waals surface area (Å²) >= 11 is 0. The Kier molecular flexibility index (Phi) is 4.88. The largest absolute Gasteiger partial charge is 0.340 e. The molecule has 27 heavy (non-hydrogen) atoms. The van der Waals surface area contributed by atoms with E-state index in [1.54, 1.807) is 0 Å². The number of hydrogen-bond acceptors (Lipinski definition) is 3. The van der Waals surface area contributed by atoms with Crippen molar-refractivity contribution in [3.63, 3.8) is 0 Å². The van der Waals surface area contributed by atoms with Gasteiger partial charge in [-0.3, -0.25) is 4.79 Å². The van der Waals surface area contributed by atoms with Crippen LogP contribution in [0.5, 0.6) is 0 Å². The summed E-state index contributed by atoms with van der Waals surface area (Å²) in [7, 11) is 0. The van der Waals surface area contributed by atoms with Crippen LogP contribution in [-0.4, -0.2) is 28.9 Å². The number of hydrogen-bond donors (Lipinski definition) is 0. The van der Waals surface area contributed by atoms with Gasteiger partial charge in [0.1, 0.15) is 5.69 Å². The molecule has 1 aliphatic heterocycles. The number of nitrogens with zero attached hydrogens (tertiary/aromatic N) is 3. The van der Waals surface area contributed by atoms with E-state index in [4.69, 9.17) is 0 Å². The second kappa shape index (κ2) is 7.62. The van der Waals surface area contributed by atoms with Crippen LogP contribution in [0, 0.1) is 0 Å². The standard InChI is InChI=1S/C23H23N3O/c1-2-25(17-18-8-4-3-5-9-18)23(27)21-13-12-20(16-24-21)26-15-14-19-10-6-7-11-22(19)26/h3-13,16H,2,14-15,17H2,1H3. The van der Waals surface area contributed by atoms with Crippen LogP contribution < -0.4 is 4.90 Å². The smallest absolute Gasteiger partial charge is 0.272 e. The summed E-state index contributed by atoms with van der Waals surface area (Å²) in [6.45, 7) is 4.19. The van der Waals surface area contributed by atoms with Crippen LogP contribution in [-0.2, 0) is 13.0 Å². The molecule has 0 aliphatic carbocycles. The highest BCUT2D eigenvalue weighted by Gasteiger charge is 2.21. The maximum Gasteiger partial charge on any atom is 0.272 e. The minimum atomic E-state index is -0.0327. The lowest BCUT2D eigenvalue weighted by atomic mass is 10.2. The van der Waals surface area contributed by atoms with Crippen LogP contribution in [0.15, 0.2) is 72.9 Å². The topological polar surface area (TPSA) is 36.4 Å². The lowest BCUT2D eigenvalue weighted by Gasteiger charge is -2.22. The number of fused-ring (bicyclic) bond motifs is 1. The average Bonchev–Trinajstić information content (AvgIpc) is 3.16.